The summed E-state index contributed by atoms with van der Waals surface area (Å²) in [6, 6.07) is 0. The first kappa shape index (κ1) is 15.3. The second kappa shape index (κ2) is 7.58. The molecule has 0 heterocycles. The van der Waals surface area contributed by atoms with Gasteiger partial charge in [0.1, 0.15) is 5.78 Å². The van der Waals surface area contributed by atoms with Crippen LogP contribution >= 0.6 is 0 Å². The zero-order valence-electron chi connectivity index (χ0n) is 11.2. The van der Waals surface area contributed by atoms with Gasteiger partial charge in [0.2, 0.25) is 0 Å². The highest BCUT2D eigenvalue weighted by Gasteiger charge is 2.10. The monoisotopic (exact) mass is 240 g/mol. The largest absolute Gasteiger partial charge is 0.380 e. The highest BCUT2D eigenvalue weighted by molar-refractivity contribution is 6.81. The summed E-state index contributed by atoms with van der Waals surface area (Å²) in [6.07, 6.45) is 5.43. The molecule has 0 spiro atoms. The van der Waals surface area contributed by atoms with E-state index in [9.17, 15) is 4.79 Å². The van der Waals surface area contributed by atoms with E-state index in [4.69, 9.17) is 4.74 Å². The van der Waals surface area contributed by atoms with Gasteiger partial charge in [-0.3, -0.25) is 4.79 Å². The normalized spacial score (nSPS) is 13.4. The molecular formula is C13H24O2Si. The van der Waals surface area contributed by atoms with Crippen LogP contribution in [0.25, 0.3) is 0 Å². The second-order valence-corrected chi connectivity index (χ2v) is 10.2. The first-order chi connectivity index (χ1) is 7.35. The van der Waals surface area contributed by atoms with Gasteiger partial charge in [0, 0.05) is 13.5 Å². The summed E-state index contributed by atoms with van der Waals surface area (Å²) in [5, 5.41) is 0. The van der Waals surface area contributed by atoms with E-state index in [1.165, 1.54) is 5.57 Å². The van der Waals surface area contributed by atoms with Crippen molar-refractivity contribution in [2.24, 2.45) is 0 Å². The fourth-order valence-corrected chi connectivity index (χ4v) is 2.87. The topological polar surface area (TPSA) is 26.3 Å². The lowest BCUT2D eigenvalue weighted by Gasteiger charge is -2.13. The molecule has 0 rings (SSSR count). The number of carbonyl (C=O) groups excluding carboxylic acids is 1. The van der Waals surface area contributed by atoms with E-state index >= 15 is 0 Å². The molecule has 0 atom stereocenters. The molecule has 0 aromatic heterocycles. The molecule has 0 bridgehead atoms. The SMILES string of the molecule is COC/C(=C\[Si](C)(C)C)C/C=C/CC(C)=O. The molecule has 0 amide bonds. The molecule has 0 saturated carbocycles. The van der Waals surface area contributed by atoms with Crippen molar-refractivity contribution in [3.8, 4) is 0 Å². The average Bonchev–Trinajstić information content (AvgIpc) is 2.09. The minimum absolute atomic E-state index is 0.207. The van der Waals surface area contributed by atoms with Crippen molar-refractivity contribution in [1.29, 1.82) is 0 Å². The third-order valence-electron chi connectivity index (χ3n) is 1.92. The Labute approximate surface area is 100 Å². The summed E-state index contributed by atoms with van der Waals surface area (Å²) in [5.74, 6) is 0.207. The predicted molar refractivity (Wildman–Crippen MR) is 72.4 cm³/mol. The Morgan fingerprint density at radius 1 is 1.19 bits per heavy atom. The van der Waals surface area contributed by atoms with Gasteiger partial charge >= 0.3 is 0 Å². The van der Waals surface area contributed by atoms with Crippen molar-refractivity contribution in [2.45, 2.75) is 39.4 Å². The fourth-order valence-electron chi connectivity index (χ4n) is 1.44. The zero-order valence-corrected chi connectivity index (χ0v) is 12.2. The molecule has 0 aromatic carbocycles. The molecule has 0 saturated heterocycles. The van der Waals surface area contributed by atoms with Crippen LogP contribution in [0.5, 0.6) is 0 Å². The van der Waals surface area contributed by atoms with Crippen molar-refractivity contribution in [1.82, 2.24) is 0 Å². The molecule has 0 radical (unpaired) electrons. The molecule has 0 unspecified atom stereocenters. The number of allylic oxidation sites excluding steroid dienone is 2. The van der Waals surface area contributed by atoms with E-state index in [1.54, 1.807) is 14.0 Å². The molecule has 0 fully saturated rings. The molecular weight excluding hydrogens is 216 g/mol. The quantitative estimate of drug-likeness (QED) is 0.504. The maximum absolute atomic E-state index is 10.8. The van der Waals surface area contributed by atoms with Gasteiger partial charge in [0.25, 0.3) is 0 Å². The summed E-state index contributed by atoms with van der Waals surface area (Å²) >= 11 is 0. The van der Waals surface area contributed by atoms with Gasteiger partial charge in [-0.05, 0) is 18.9 Å². The van der Waals surface area contributed by atoms with Crippen LogP contribution in [0.4, 0.5) is 0 Å². The van der Waals surface area contributed by atoms with Gasteiger partial charge in [0.05, 0.1) is 14.7 Å². The molecule has 3 heteroatoms. The fraction of sp³-hybridized carbons (Fsp3) is 0.615. The lowest BCUT2D eigenvalue weighted by molar-refractivity contribution is -0.116. The Morgan fingerprint density at radius 2 is 1.75 bits per heavy atom. The van der Waals surface area contributed by atoms with Crippen LogP contribution in [-0.4, -0.2) is 27.6 Å². The minimum atomic E-state index is -1.18. The molecule has 0 N–H and O–H groups in total. The maximum Gasteiger partial charge on any atom is 0.133 e. The summed E-state index contributed by atoms with van der Waals surface area (Å²) in [6.45, 7) is 9.22. The molecule has 2 nitrogen and oxygen atoms in total. The molecule has 92 valence electrons. The lowest BCUT2D eigenvalue weighted by Crippen LogP contribution is -2.17. The van der Waals surface area contributed by atoms with Crippen molar-refractivity contribution >= 4 is 13.9 Å². The first-order valence-corrected chi connectivity index (χ1v) is 9.27. The van der Waals surface area contributed by atoms with Gasteiger partial charge in [-0.25, -0.2) is 0 Å². The first-order valence-electron chi connectivity index (χ1n) is 5.69. The number of carbonyl (C=O) groups is 1. The van der Waals surface area contributed by atoms with Crippen molar-refractivity contribution in [2.75, 3.05) is 13.7 Å². The van der Waals surface area contributed by atoms with Crippen LogP contribution in [0, 0.1) is 0 Å². The number of hydrogen-bond donors (Lipinski definition) is 0. The van der Waals surface area contributed by atoms with Gasteiger partial charge in [-0.2, -0.15) is 0 Å². The summed E-state index contributed by atoms with van der Waals surface area (Å²) in [5.41, 5.74) is 3.69. The summed E-state index contributed by atoms with van der Waals surface area (Å²) < 4.78 is 5.18. The van der Waals surface area contributed by atoms with Crippen molar-refractivity contribution in [3.63, 3.8) is 0 Å². The Hall–Kier alpha value is -0.673. The number of Topliss-reactive ketones (excluding diaryl/α,β-unsaturated/α-hetero) is 1. The Kier molecular flexibility index (Phi) is 7.26. The smallest absolute Gasteiger partial charge is 0.133 e. The van der Waals surface area contributed by atoms with Crippen LogP contribution in [0.3, 0.4) is 0 Å². The predicted octanol–water partition coefficient (Wildman–Crippen LogP) is 3.36. The van der Waals surface area contributed by atoms with Crippen molar-refractivity contribution < 1.29 is 9.53 Å². The molecule has 0 aliphatic carbocycles. The van der Waals surface area contributed by atoms with Crippen LogP contribution in [0.15, 0.2) is 23.4 Å². The molecule has 0 aliphatic rings. The molecule has 0 aromatic rings. The standard InChI is InChI=1S/C13H24O2Si/c1-12(14)8-6-7-9-13(10-15-2)11-16(3,4)5/h6-7,11H,8-10H2,1-5H3/b7-6+,13-11-. The highest BCUT2D eigenvalue weighted by atomic mass is 28.3. The van der Waals surface area contributed by atoms with Crippen molar-refractivity contribution in [3.05, 3.63) is 23.4 Å². The Bertz CT molecular complexity index is 272. The number of rotatable bonds is 7. The van der Waals surface area contributed by atoms with E-state index in [0.29, 0.717) is 13.0 Å². The maximum atomic E-state index is 10.8. The van der Waals surface area contributed by atoms with E-state index < -0.39 is 8.07 Å². The summed E-state index contributed by atoms with van der Waals surface area (Å²) in [7, 11) is 0.537. The Morgan fingerprint density at radius 3 is 2.19 bits per heavy atom. The van der Waals surface area contributed by atoms with Crippen LogP contribution in [0.1, 0.15) is 19.8 Å². The van der Waals surface area contributed by atoms with E-state index in [0.717, 1.165) is 6.42 Å². The number of hydrogen-bond acceptors (Lipinski definition) is 2. The number of methoxy groups -OCH3 is 1. The average molecular weight is 240 g/mol. The third kappa shape index (κ3) is 9.87. The van der Waals surface area contributed by atoms with Crippen LogP contribution in [-0.2, 0) is 9.53 Å². The number of ketones is 1. The van der Waals surface area contributed by atoms with E-state index in [2.05, 4.69) is 31.4 Å². The van der Waals surface area contributed by atoms with Crippen LogP contribution in [0.2, 0.25) is 19.6 Å². The van der Waals surface area contributed by atoms with Gasteiger partial charge in [-0.1, -0.05) is 37.5 Å². The lowest BCUT2D eigenvalue weighted by atomic mass is 10.2. The van der Waals surface area contributed by atoms with Gasteiger partial charge in [-0.15, -0.1) is 0 Å². The molecule has 0 aliphatic heterocycles. The van der Waals surface area contributed by atoms with E-state index in [1.807, 2.05) is 6.08 Å². The molecule has 16 heavy (non-hydrogen) atoms. The van der Waals surface area contributed by atoms with Gasteiger partial charge < -0.3 is 4.74 Å². The second-order valence-electron chi connectivity index (χ2n) is 5.18. The van der Waals surface area contributed by atoms with E-state index in [-0.39, 0.29) is 5.78 Å². The van der Waals surface area contributed by atoms with Gasteiger partial charge in [0.15, 0.2) is 0 Å². The minimum Gasteiger partial charge on any atom is -0.380 e. The van der Waals surface area contributed by atoms with Crippen LogP contribution < -0.4 is 0 Å². The summed E-state index contributed by atoms with van der Waals surface area (Å²) in [4.78, 5) is 10.8. The Balaban J connectivity index is 4.30. The third-order valence-corrected chi connectivity index (χ3v) is 3.19. The zero-order chi connectivity index (χ0) is 12.6. The highest BCUT2D eigenvalue weighted by Crippen LogP contribution is 2.11. The number of ether oxygens (including phenoxy) is 1.